The summed E-state index contributed by atoms with van der Waals surface area (Å²) in [5, 5.41) is 0.591. The van der Waals surface area contributed by atoms with Crippen molar-refractivity contribution in [2.24, 2.45) is 0 Å². The molecule has 0 aromatic heterocycles. The van der Waals surface area contributed by atoms with Gasteiger partial charge in [0.05, 0.1) is 12.5 Å². The van der Waals surface area contributed by atoms with Gasteiger partial charge in [-0.15, -0.1) is 0 Å². The van der Waals surface area contributed by atoms with E-state index in [1.165, 1.54) is 0 Å². The van der Waals surface area contributed by atoms with Crippen molar-refractivity contribution in [1.29, 1.82) is 0 Å². The number of hydrogen-bond donors (Lipinski definition) is 0. The van der Waals surface area contributed by atoms with Crippen molar-refractivity contribution in [3.63, 3.8) is 0 Å². The number of methoxy groups -OCH3 is 1. The Kier molecular flexibility index (Phi) is 3.92. The number of benzene rings is 2. The van der Waals surface area contributed by atoms with E-state index in [-0.39, 0.29) is 11.8 Å². The average molecular weight is 371 g/mol. The summed E-state index contributed by atoms with van der Waals surface area (Å²) in [6, 6.07) is 12.5. The lowest BCUT2D eigenvalue weighted by Gasteiger charge is -2.23. The van der Waals surface area contributed by atoms with Crippen LogP contribution in [-0.2, 0) is 10.2 Å². The SMILES string of the molecule is COc1ccc2c(c1)C1(CCN(C(=O)c3ccc(Cl)cc3)C1)C(=O)N2C. The van der Waals surface area contributed by atoms with Gasteiger partial charge in [0.1, 0.15) is 5.75 Å². The second kappa shape index (κ2) is 6.02. The molecule has 2 aromatic rings. The van der Waals surface area contributed by atoms with E-state index in [4.69, 9.17) is 16.3 Å². The monoisotopic (exact) mass is 370 g/mol. The van der Waals surface area contributed by atoms with Crippen molar-refractivity contribution < 1.29 is 14.3 Å². The van der Waals surface area contributed by atoms with E-state index in [9.17, 15) is 9.59 Å². The highest BCUT2D eigenvalue weighted by Gasteiger charge is 2.54. The van der Waals surface area contributed by atoms with Crippen LogP contribution in [0.15, 0.2) is 42.5 Å². The molecule has 0 radical (unpaired) electrons. The van der Waals surface area contributed by atoms with Crippen LogP contribution in [0.4, 0.5) is 5.69 Å². The summed E-state index contributed by atoms with van der Waals surface area (Å²) < 4.78 is 5.34. The Morgan fingerprint density at radius 1 is 1.19 bits per heavy atom. The fraction of sp³-hybridized carbons (Fsp3) is 0.300. The van der Waals surface area contributed by atoms with Gasteiger partial charge in [-0.05, 0) is 54.4 Å². The lowest BCUT2D eigenvalue weighted by Crippen LogP contribution is -2.42. The molecule has 1 fully saturated rings. The number of anilines is 1. The molecule has 0 N–H and O–H groups in total. The van der Waals surface area contributed by atoms with Gasteiger partial charge < -0.3 is 14.5 Å². The van der Waals surface area contributed by atoms with Gasteiger partial charge in [0.15, 0.2) is 0 Å². The second-order valence-electron chi connectivity index (χ2n) is 6.81. The third-order valence-corrected chi connectivity index (χ3v) is 5.69. The summed E-state index contributed by atoms with van der Waals surface area (Å²) in [4.78, 5) is 29.4. The standard InChI is InChI=1S/C20H19ClN2O3/c1-22-17-8-7-15(26-2)11-16(17)20(19(22)25)9-10-23(12-20)18(24)13-3-5-14(21)6-4-13/h3-8,11H,9-10,12H2,1-2H3. The summed E-state index contributed by atoms with van der Waals surface area (Å²) in [6.07, 6.45) is 0.607. The Morgan fingerprint density at radius 3 is 2.62 bits per heavy atom. The van der Waals surface area contributed by atoms with Crippen molar-refractivity contribution in [3.8, 4) is 5.75 Å². The molecule has 2 amide bonds. The molecular weight excluding hydrogens is 352 g/mol. The summed E-state index contributed by atoms with van der Waals surface area (Å²) >= 11 is 5.91. The van der Waals surface area contributed by atoms with Crippen LogP contribution >= 0.6 is 11.6 Å². The maximum atomic E-state index is 13.1. The molecule has 134 valence electrons. The van der Waals surface area contributed by atoms with Gasteiger partial charge in [-0.3, -0.25) is 9.59 Å². The molecule has 2 aromatic carbocycles. The smallest absolute Gasteiger partial charge is 0.253 e. The third kappa shape index (κ3) is 2.38. The average Bonchev–Trinajstić information content (AvgIpc) is 3.19. The molecule has 0 saturated carbocycles. The Bertz CT molecular complexity index is 896. The summed E-state index contributed by atoms with van der Waals surface area (Å²) in [7, 11) is 3.39. The van der Waals surface area contributed by atoms with Crippen molar-refractivity contribution in [3.05, 3.63) is 58.6 Å². The van der Waals surface area contributed by atoms with Crippen LogP contribution < -0.4 is 9.64 Å². The highest BCUT2D eigenvalue weighted by molar-refractivity contribution is 6.30. The number of nitrogens with zero attached hydrogens (tertiary/aromatic N) is 2. The van der Waals surface area contributed by atoms with Crippen LogP contribution in [-0.4, -0.2) is 44.0 Å². The quantitative estimate of drug-likeness (QED) is 0.816. The molecule has 2 aliphatic rings. The predicted octanol–water partition coefficient (Wildman–Crippen LogP) is 3.11. The van der Waals surface area contributed by atoms with E-state index < -0.39 is 5.41 Å². The number of carbonyl (C=O) groups is 2. The van der Waals surface area contributed by atoms with E-state index in [1.807, 2.05) is 18.2 Å². The topological polar surface area (TPSA) is 49.9 Å². The van der Waals surface area contributed by atoms with Gasteiger partial charge in [0, 0.05) is 36.4 Å². The molecule has 26 heavy (non-hydrogen) atoms. The Balaban J connectivity index is 1.68. The van der Waals surface area contributed by atoms with E-state index in [0.29, 0.717) is 35.8 Å². The van der Waals surface area contributed by atoms with Gasteiger partial charge in [-0.2, -0.15) is 0 Å². The Labute approximate surface area is 157 Å². The normalized spacial score (nSPS) is 21.4. The van der Waals surface area contributed by atoms with Crippen molar-refractivity contribution >= 4 is 29.1 Å². The van der Waals surface area contributed by atoms with Crippen LogP contribution in [0, 0.1) is 0 Å². The van der Waals surface area contributed by atoms with Crippen molar-refractivity contribution in [2.45, 2.75) is 11.8 Å². The first kappa shape index (κ1) is 16.9. The Hall–Kier alpha value is -2.53. The molecule has 2 aliphatic heterocycles. The zero-order chi connectivity index (χ0) is 18.5. The van der Waals surface area contributed by atoms with Crippen LogP contribution in [0.2, 0.25) is 5.02 Å². The molecule has 4 rings (SSSR count). The zero-order valence-electron chi connectivity index (χ0n) is 14.7. The number of likely N-dealkylation sites (N-methyl/N-ethyl adjacent to an activating group) is 1. The molecule has 1 saturated heterocycles. The number of fused-ring (bicyclic) bond motifs is 2. The molecule has 0 aliphatic carbocycles. The fourth-order valence-corrected chi connectivity index (χ4v) is 4.14. The molecule has 1 atom stereocenters. The molecule has 6 heteroatoms. The van der Waals surface area contributed by atoms with Crippen molar-refractivity contribution in [1.82, 2.24) is 4.90 Å². The maximum Gasteiger partial charge on any atom is 0.253 e. The van der Waals surface area contributed by atoms with Gasteiger partial charge in [-0.1, -0.05) is 11.6 Å². The third-order valence-electron chi connectivity index (χ3n) is 5.44. The number of rotatable bonds is 2. The van der Waals surface area contributed by atoms with E-state index in [0.717, 1.165) is 11.3 Å². The highest BCUT2D eigenvalue weighted by atomic mass is 35.5. The van der Waals surface area contributed by atoms with E-state index in [1.54, 1.807) is 48.2 Å². The number of hydrogen-bond acceptors (Lipinski definition) is 3. The van der Waals surface area contributed by atoms with Gasteiger partial charge in [0.2, 0.25) is 5.91 Å². The fourth-order valence-electron chi connectivity index (χ4n) is 4.02. The predicted molar refractivity (Wildman–Crippen MR) is 100 cm³/mol. The van der Waals surface area contributed by atoms with Gasteiger partial charge in [-0.25, -0.2) is 0 Å². The number of ether oxygens (including phenoxy) is 1. The molecule has 1 unspecified atom stereocenters. The summed E-state index contributed by atoms with van der Waals surface area (Å²) in [5.74, 6) is 0.672. The largest absolute Gasteiger partial charge is 0.497 e. The van der Waals surface area contributed by atoms with Gasteiger partial charge >= 0.3 is 0 Å². The first-order valence-corrected chi connectivity index (χ1v) is 8.85. The molecule has 2 heterocycles. The van der Waals surface area contributed by atoms with Crippen LogP contribution in [0.5, 0.6) is 5.75 Å². The highest BCUT2D eigenvalue weighted by Crippen LogP contribution is 2.48. The maximum absolute atomic E-state index is 13.1. The number of halogens is 1. The van der Waals surface area contributed by atoms with Crippen LogP contribution in [0.1, 0.15) is 22.3 Å². The molecule has 0 bridgehead atoms. The minimum Gasteiger partial charge on any atom is -0.497 e. The lowest BCUT2D eigenvalue weighted by atomic mass is 9.81. The van der Waals surface area contributed by atoms with Crippen LogP contribution in [0.25, 0.3) is 0 Å². The Morgan fingerprint density at radius 2 is 1.92 bits per heavy atom. The van der Waals surface area contributed by atoms with Crippen LogP contribution in [0.3, 0.4) is 0 Å². The molecule has 5 nitrogen and oxygen atoms in total. The minimum atomic E-state index is -0.694. The van der Waals surface area contributed by atoms with Crippen molar-refractivity contribution in [2.75, 3.05) is 32.1 Å². The first-order valence-electron chi connectivity index (χ1n) is 8.48. The number of amides is 2. The summed E-state index contributed by atoms with van der Waals surface area (Å²) in [6.45, 7) is 0.912. The zero-order valence-corrected chi connectivity index (χ0v) is 15.4. The lowest BCUT2D eigenvalue weighted by molar-refractivity contribution is -0.122. The number of likely N-dealkylation sites (tertiary alicyclic amines) is 1. The molecular formula is C20H19ClN2O3. The van der Waals surface area contributed by atoms with Gasteiger partial charge in [0.25, 0.3) is 5.91 Å². The van der Waals surface area contributed by atoms with E-state index in [2.05, 4.69) is 0 Å². The minimum absolute atomic E-state index is 0.0344. The second-order valence-corrected chi connectivity index (χ2v) is 7.25. The summed E-state index contributed by atoms with van der Waals surface area (Å²) in [5.41, 5.74) is 1.71. The van der Waals surface area contributed by atoms with E-state index >= 15 is 0 Å². The number of carbonyl (C=O) groups excluding carboxylic acids is 2. The first-order chi connectivity index (χ1) is 12.5. The molecule has 1 spiro atoms.